The fourth-order valence-electron chi connectivity index (χ4n) is 2.70. The molecule has 2 aromatic carbocycles. The van der Waals surface area contributed by atoms with Crippen molar-refractivity contribution in [2.45, 2.75) is 12.6 Å². The molecule has 8 heteroatoms. The van der Waals surface area contributed by atoms with Crippen LogP contribution in [0.5, 0.6) is 0 Å². The lowest BCUT2D eigenvalue weighted by Crippen LogP contribution is -2.37. The maximum absolute atomic E-state index is 14.1. The van der Waals surface area contributed by atoms with Crippen LogP contribution >= 0.6 is 0 Å². The monoisotopic (exact) mass is 354 g/mol. The molecule has 0 spiro atoms. The lowest BCUT2D eigenvalue weighted by Gasteiger charge is -2.24. The van der Waals surface area contributed by atoms with Crippen molar-refractivity contribution in [3.8, 4) is 5.69 Å². The van der Waals surface area contributed by atoms with E-state index < -0.39 is 11.9 Å². The Morgan fingerprint density at radius 3 is 2.54 bits per heavy atom. The Morgan fingerprint density at radius 1 is 1.15 bits per heavy atom. The zero-order chi connectivity index (χ0) is 18.5. The molecule has 0 radical (unpaired) electrons. The van der Waals surface area contributed by atoms with Crippen molar-refractivity contribution in [1.29, 1.82) is 0 Å². The van der Waals surface area contributed by atoms with Crippen LogP contribution in [-0.2, 0) is 11.3 Å². The van der Waals surface area contributed by atoms with Crippen molar-refractivity contribution in [3.05, 3.63) is 71.8 Å². The molecular formula is C18H19FN6O. The summed E-state index contributed by atoms with van der Waals surface area (Å²) in [5.74, 6) is -0.270. The van der Waals surface area contributed by atoms with Crippen molar-refractivity contribution in [3.63, 3.8) is 0 Å². The lowest BCUT2D eigenvalue weighted by atomic mass is 10.0. The van der Waals surface area contributed by atoms with E-state index in [1.54, 1.807) is 41.9 Å². The van der Waals surface area contributed by atoms with Gasteiger partial charge in [0.05, 0.1) is 12.2 Å². The van der Waals surface area contributed by atoms with Gasteiger partial charge in [-0.1, -0.05) is 36.4 Å². The molecule has 1 atom stereocenters. The number of carbonyl (C=O) groups excluding carboxylic acids is 1. The highest BCUT2D eigenvalue weighted by molar-refractivity contribution is 5.83. The van der Waals surface area contributed by atoms with E-state index in [9.17, 15) is 9.18 Å². The topological polar surface area (TPSA) is 75.9 Å². The number of benzene rings is 2. The van der Waals surface area contributed by atoms with Gasteiger partial charge in [0, 0.05) is 5.56 Å². The maximum atomic E-state index is 14.1. The second-order valence-electron chi connectivity index (χ2n) is 5.95. The maximum Gasteiger partial charge on any atom is 0.242 e. The lowest BCUT2D eigenvalue weighted by molar-refractivity contribution is -0.126. The third-order valence-electron chi connectivity index (χ3n) is 3.92. The second kappa shape index (κ2) is 7.83. The zero-order valence-electron chi connectivity index (χ0n) is 14.5. The van der Waals surface area contributed by atoms with E-state index in [-0.39, 0.29) is 12.5 Å². The largest absolute Gasteiger partial charge is 0.347 e. The van der Waals surface area contributed by atoms with Gasteiger partial charge < -0.3 is 5.32 Å². The highest BCUT2D eigenvalue weighted by atomic mass is 19.1. The van der Waals surface area contributed by atoms with Gasteiger partial charge in [-0.05, 0) is 42.7 Å². The fraction of sp³-hybridized carbons (Fsp3) is 0.222. The van der Waals surface area contributed by atoms with Crippen LogP contribution < -0.4 is 5.32 Å². The minimum Gasteiger partial charge on any atom is -0.347 e. The van der Waals surface area contributed by atoms with E-state index in [4.69, 9.17) is 0 Å². The normalized spacial score (nSPS) is 12.2. The van der Waals surface area contributed by atoms with Gasteiger partial charge in [0.15, 0.2) is 5.82 Å². The van der Waals surface area contributed by atoms with Crippen LogP contribution in [0, 0.1) is 5.82 Å². The number of likely N-dealkylation sites (N-methyl/N-ethyl adjacent to an activating group) is 1. The molecule has 1 unspecified atom stereocenters. The molecule has 1 N–H and O–H groups in total. The third-order valence-corrected chi connectivity index (χ3v) is 3.92. The number of hydrogen-bond donors (Lipinski definition) is 1. The summed E-state index contributed by atoms with van der Waals surface area (Å²) >= 11 is 0. The smallest absolute Gasteiger partial charge is 0.242 e. The van der Waals surface area contributed by atoms with Crippen LogP contribution in [0.15, 0.2) is 54.6 Å². The van der Waals surface area contributed by atoms with E-state index in [0.717, 1.165) is 5.69 Å². The number of para-hydroxylation sites is 1. The minimum absolute atomic E-state index is 0.125. The number of nitrogens with one attached hydrogen (secondary N) is 1. The zero-order valence-corrected chi connectivity index (χ0v) is 14.5. The van der Waals surface area contributed by atoms with Gasteiger partial charge in [0.2, 0.25) is 5.91 Å². The molecule has 0 saturated heterocycles. The van der Waals surface area contributed by atoms with Crippen LogP contribution in [0.25, 0.3) is 5.69 Å². The number of nitrogens with zero attached hydrogens (tertiary/aromatic N) is 5. The van der Waals surface area contributed by atoms with E-state index in [2.05, 4.69) is 20.8 Å². The fourth-order valence-corrected chi connectivity index (χ4v) is 2.70. The van der Waals surface area contributed by atoms with Crippen LogP contribution in [0.2, 0.25) is 0 Å². The highest BCUT2D eigenvalue weighted by Crippen LogP contribution is 2.21. The number of aromatic nitrogens is 4. The molecule has 7 nitrogen and oxygen atoms in total. The predicted molar refractivity (Wildman–Crippen MR) is 93.8 cm³/mol. The Hall–Kier alpha value is -3.13. The summed E-state index contributed by atoms with van der Waals surface area (Å²) in [5.41, 5.74) is 1.11. The SMILES string of the molecule is CN(C)C(C(=O)NCc1nnnn1-c1ccccc1)c1ccccc1F. The molecule has 134 valence electrons. The Labute approximate surface area is 150 Å². The molecule has 0 bridgehead atoms. The van der Waals surface area contributed by atoms with Crippen LogP contribution in [0.1, 0.15) is 17.4 Å². The first-order valence-electron chi connectivity index (χ1n) is 8.09. The average Bonchev–Trinajstić information content (AvgIpc) is 3.11. The van der Waals surface area contributed by atoms with Gasteiger partial charge in [-0.25, -0.2) is 4.39 Å². The quantitative estimate of drug-likeness (QED) is 0.729. The Kier molecular flexibility index (Phi) is 5.33. The van der Waals surface area contributed by atoms with Gasteiger partial charge >= 0.3 is 0 Å². The van der Waals surface area contributed by atoms with E-state index >= 15 is 0 Å². The summed E-state index contributed by atoms with van der Waals surface area (Å²) in [4.78, 5) is 14.3. The van der Waals surface area contributed by atoms with Crippen molar-refractivity contribution < 1.29 is 9.18 Å². The first kappa shape index (κ1) is 17.7. The minimum atomic E-state index is -0.753. The number of hydrogen-bond acceptors (Lipinski definition) is 5. The molecule has 26 heavy (non-hydrogen) atoms. The van der Waals surface area contributed by atoms with E-state index in [0.29, 0.717) is 11.4 Å². The molecule has 1 amide bonds. The average molecular weight is 354 g/mol. The van der Waals surface area contributed by atoms with Crippen molar-refractivity contribution in [2.24, 2.45) is 0 Å². The van der Waals surface area contributed by atoms with Crippen molar-refractivity contribution in [1.82, 2.24) is 30.4 Å². The number of tetrazole rings is 1. The van der Waals surface area contributed by atoms with Crippen molar-refractivity contribution >= 4 is 5.91 Å². The van der Waals surface area contributed by atoms with Gasteiger partial charge in [-0.15, -0.1) is 5.10 Å². The molecule has 0 fully saturated rings. The van der Waals surface area contributed by atoms with Gasteiger partial charge in [0.1, 0.15) is 11.9 Å². The van der Waals surface area contributed by atoms with Crippen LogP contribution in [0.3, 0.4) is 0 Å². The van der Waals surface area contributed by atoms with E-state index in [1.165, 1.54) is 6.07 Å². The van der Waals surface area contributed by atoms with Gasteiger partial charge in [0.25, 0.3) is 0 Å². The van der Waals surface area contributed by atoms with Crippen LogP contribution in [-0.4, -0.2) is 45.1 Å². The molecule has 0 saturated carbocycles. The molecule has 3 rings (SSSR count). The molecular weight excluding hydrogens is 335 g/mol. The summed E-state index contributed by atoms with van der Waals surface area (Å²) < 4.78 is 15.7. The molecule has 0 aliphatic heterocycles. The second-order valence-corrected chi connectivity index (χ2v) is 5.95. The Bertz CT molecular complexity index is 880. The Balaban J connectivity index is 1.76. The summed E-state index contributed by atoms with van der Waals surface area (Å²) in [5, 5.41) is 14.4. The first-order chi connectivity index (χ1) is 12.6. The molecule has 0 aliphatic carbocycles. The number of carbonyl (C=O) groups is 1. The summed E-state index contributed by atoms with van der Waals surface area (Å²) in [6.07, 6.45) is 0. The summed E-state index contributed by atoms with van der Waals surface area (Å²) in [7, 11) is 3.45. The number of rotatable bonds is 6. The molecule has 1 heterocycles. The van der Waals surface area contributed by atoms with Crippen LogP contribution in [0.4, 0.5) is 4.39 Å². The highest BCUT2D eigenvalue weighted by Gasteiger charge is 2.25. The van der Waals surface area contributed by atoms with Crippen molar-refractivity contribution in [2.75, 3.05) is 14.1 Å². The first-order valence-corrected chi connectivity index (χ1v) is 8.09. The number of halogens is 1. The number of amides is 1. The van der Waals surface area contributed by atoms with Gasteiger partial charge in [-0.2, -0.15) is 4.68 Å². The predicted octanol–water partition coefficient (Wildman–Crippen LogP) is 1.72. The molecule has 1 aromatic heterocycles. The standard InChI is InChI=1S/C18H19FN6O/c1-24(2)17(14-10-6-7-11-15(14)19)18(26)20-12-16-21-22-23-25(16)13-8-4-3-5-9-13/h3-11,17H,12H2,1-2H3,(H,20,26). The molecule has 3 aromatic rings. The summed E-state index contributed by atoms with van der Waals surface area (Å²) in [6, 6.07) is 14.9. The molecule has 0 aliphatic rings. The van der Waals surface area contributed by atoms with Gasteiger partial charge in [-0.3, -0.25) is 9.69 Å². The van der Waals surface area contributed by atoms with E-state index in [1.807, 2.05) is 30.3 Å². The third kappa shape index (κ3) is 3.75. The summed E-state index contributed by atoms with van der Waals surface area (Å²) in [6.45, 7) is 0.125. The Morgan fingerprint density at radius 2 is 1.85 bits per heavy atom.